The van der Waals surface area contributed by atoms with E-state index in [9.17, 15) is 28.8 Å². The van der Waals surface area contributed by atoms with Crippen LogP contribution in [-0.2, 0) is 28.8 Å². The number of aliphatic carboxylic acids is 2. The topological polar surface area (TPSA) is 316 Å². The van der Waals surface area contributed by atoms with Gasteiger partial charge in [0, 0.05) is 19.4 Å². The van der Waals surface area contributed by atoms with E-state index in [1.807, 2.05) is 5.32 Å². The van der Waals surface area contributed by atoms with E-state index in [-0.39, 0.29) is 38.2 Å². The number of primary amides is 1. The minimum absolute atomic E-state index is 0.136. The first-order valence-electron chi connectivity index (χ1n) is 10.8. The second-order valence-corrected chi connectivity index (χ2v) is 7.70. The summed E-state index contributed by atoms with van der Waals surface area (Å²) in [4.78, 5) is 74.8. The first kappa shape index (κ1) is 32.0. The number of aliphatic hydroxyl groups is 1. The van der Waals surface area contributed by atoms with Gasteiger partial charge in [-0.25, -0.2) is 4.79 Å². The molecule has 0 aromatic heterocycles. The number of hydrogen-bond acceptors (Lipinski definition) is 9. The highest BCUT2D eigenvalue weighted by molar-refractivity contribution is 5.94. The molecule has 4 unspecified atom stereocenters. The molecule has 204 valence electrons. The number of carboxylic acids is 2. The number of rotatable bonds is 18. The minimum atomic E-state index is -1.69. The van der Waals surface area contributed by atoms with Gasteiger partial charge in [0.2, 0.25) is 23.6 Å². The minimum Gasteiger partial charge on any atom is -0.481 e. The summed E-state index contributed by atoms with van der Waals surface area (Å²) < 4.78 is 0. The molecule has 0 heterocycles. The largest absolute Gasteiger partial charge is 0.481 e. The number of nitrogens with one attached hydrogen (secondary N) is 3. The average Bonchev–Trinajstić information content (AvgIpc) is 2.79. The van der Waals surface area contributed by atoms with Gasteiger partial charge in [-0.1, -0.05) is 0 Å². The van der Waals surface area contributed by atoms with Gasteiger partial charge in [0.1, 0.15) is 18.1 Å². The SMILES string of the molecule is NC(=O)CCC(NC(=O)C(CCC(=O)O)NC(=O)C(N)CCCN=C(N)N)C(=O)NC(CO)C(=O)O. The number of hydrogen-bond donors (Lipinski definition) is 10. The molecule has 0 aromatic carbocycles. The van der Waals surface area contributed by atoms with Gasteiger partial charge in [-0.05, 0) is 25.7 Å². The maximum Gasteiger partial charge on any atom is 0.328 e. The van der Waals surface area contributed by atoms with E-state index in [0.717, 1.165) is 0 Å². The van der Waals surface area contributed by atoms with Crippen LogP contribution >= 0.6 is 0 Å². The Morgan fingerprint density at radius 1 is 0.750 bits per heavy atom. The molecule has 0 fully saturated rings. The molecule has 17 heteroatoms. The molecule has 0 aliphatic heterocycles. The zero-order valence-electron chi connectivity index (χ0n) is 19.5. The Bertz CT molecular complexity index is 832. The van der Waals surface area contributed by atoms with E-state index in [2.05, 4.69) is 15.6 Å². The van der Waals surface area contributed by atoms with Crippen LogP contribution in [0.15, 0.2) is 4.99 Å². The summed E-state index contributed by atoms with van der Waals surface area (Å²) in [5, 5.41) is 33.6. The Morgan fingerprint density at radius 2 is 1.25 bits per heavy atom. The lowest BCUT2D eigenvalue weighted by Gasteiger charge is -2.24. The Labute approximate surface area is 206 Å². The summed E-state index contributed by atoms with van der Waals surface area (Å²) in [6.07, 6.45) is -1.13. The van der Waals surface area contributed by atoms with Crippen LogP contribution < -0.4 is 38.9 Å². The molecule has 0 bridgehead atoms. The lowest BCUT2D eigenvalue weighted by Crippen LogP contribution is -2.57. The molecule has 0 aliphatic rings. The van der Waals surface area contributed by atoms with E-state index >= 15 is 0 Å². The monoisotopic (exact) mass is 518 g/mol. The predicted molar refractivity (Wildman–Crippen MR) is 124 cm³/mol. The van der Waals surface area contributed by atoms with Crippen LogP contribution in [0.2, 0.25) is 0 Å². The average molecular weight is 519 g/mol. The van der Waals surface area contributed by atoms with Crippen molar-refractivity contribution in [3.8, 4) is 0 Å². The van der Waals surface area contributed by atoms with Crippen molar-refractivity contribution in [2.45, 2.75) is 62.7 Å². The number of guanidine groups is 1. The molecule has 4 amide bonds. The van der Waals surface area contributed by atoms with Crippen LogP contribution in [0, 0.1) is 0 Å². The fourth-order valence-corrected chi connectivity index (χ4v) is 2.75. The standard InChI is InChI=1S/C19H34N8O9/c20-9(2-1-7-24-19(22)23)15(32)25-11(4-6-14(30)31)16(33)26-10(3-5-13(21)29)17(34)27-12(8-28)18(35)36/h9-12,28H,1-8,20H2,(H2,21,29)(H,25,32)(H,26,33)(H,27,34)(H,30,31)(H,35,36)(H4,22,23,24). The third-order valence-corrected chi connectivity index (χ3v) is 4.69. The maximum atomic E-state index is 12.8. The van der Waals surface area contributed by atoms with Gasteiger partial charge < -0.3 is 54.2 Å². The third-order valence-electron chi connectivity index (χ3n) is 4.69. The molecular weight excluding hydrogens is 484 g/mol. The number of carbonyl (C=O) groups excluding carboxylic acids is 4. The Balaban J connectivity index is 5.46. The molecule has 14 N–H and O–H groups in total. The van der Waals surface area contributed by atoms with E-state index in [0.29, 0.717) is 6.42 Å². The van der Waals surface area contributed by atoms with Crippen LogP contribution in [0.1, 0.15) is 38.5 Å². The normalized spacial score (nSPS) is 13.8. The van der Waals surface area contributed by atoms with Crippen molar-refractivity contribution in [1.82, 2.24) is 16.0 Å². The molecule has 17 nitrogen and oxygen atoms in total. The maximum absolute atomic E-state index is 12.8. The van der Waals surface area contributed by atoms with Gasteiger partial charge >= 0.3 is 11.9 Å². The first-order chi connectivity index (χ1) is 16.8. The van der Waals surface area contributed by atoms with Gasteiger partial charge in [0.25, 0.3) is 0 Å². The fourth-order valence-electron chi connectivity index (χ4n) is 2.75. The lowest BCUT2D eigenvalue weighted by atomic mass is 10.1. The van der Waals surface area contributed by atoms with Crippen molar-refractivity contribution < 1.29 is 44.1 Å². The van der Waals surface area contributed by atoms with E-state index in [1.54, 1.807) is 0 Å². The van der Waals surface area contributed by atoms with Gasteiger partial charge in [-0.15, -0.1) is 0 Å². The quantitative estimate of drug-likeness (QED) is 0.0463. The summed E-state index contributed by atoms with van der Waals surface area (Å²) >= 11 is 0. The van der Waals surface area contributed by atoms with E-state index in [1.165, 1.54) is 0 Å². The van der Waals surface area contributed by atoms with E-state index in [4.69, 9.17) is 38.3 Å². The molecule has 0 aromatic rings. The zero-order chi connectivity index (χ0) is 27.8. The van der Waals surface area contributed by atoms with Crippen LogP contribution in [-0.4, -0.2) is 94.2 Å². The Kier molecular flexibility index (Phi) is 14.8. The van der Waals surface area contributed by atoms with Crippen molar-refractivity contribution in [2.75, 3.05) is 13.2 Å². The Hall–Kier alpha value is -3.99. The first-order valence-corrected chi connectivity index (χ1v) is 10.8. The van der Waals surface area contributed by atoms with Crippen molar-refractivity contribution >= 4 is 41.5 Å². The molecule has 0 spiro atoms. The van der Waals surface area contributed by atoms with Crippen molar-refractivity contribution in [1.29, 1.82) is 0 Å². The second kappa shape index (κ2) is 16.6. The smallest absolute Gasteiger partial charge is 0.328 e. The van der Waals surface area contributed by atoms with Gasteiger partial charge in [-0.2, -0.15) is 0 Å². The molecule has 0 saturated carbocycles. The fraction of sp³-hybridized carbons (Fsp3) is 0.632. The molecule has 0 rings (SSSR count). The van der Waals surface area contributed by atoms with E-state index < -0.39 is 72.8 Å². The van der Waals surface area contributed by atoms with Crippen LogP contribution in [0.3, 0.4) is 0 Å². The lowest BCUT2D eigenvalue weighted by molar-refractivity contribution is -0.143. The van der Waals surface area contributed by atoms with Gasteiger partial charge in [-0.3, -0.25) is 29.0 Å². The summed E-state index contributed by atoms with van der Waals surface area (Å²) in [6, 6.07) is -5.70. The number of carbonyl (C=O) groups is 6. The number of aliphatic hydroxyl groups excluding tert-OH is 1. The van der Waals surface area contributed by atoms with Crippen molar-refractivity contribution in [3.63, 3.8) is 0 Å². The highest BCUT2D eigenvalue weighted by Gasteiger charge is 2.30. The van der Waals surface area contributed by atoms with Gasteiger partial charge in [0.05, 0.1) is 12.6 Å². The summed E-state index contributed by atoms with van der Waals surface area (Å²) in [5.74, 6) is -6.59. The molecule has 0 saturated heterocycles. The number of nitrogens with two attached hydrogens (primary N) is 4. The van der Waals surface area contributed by atoms with Crippen molar-refractivity contribution in [3.05, 3.63) is 0 Å². The molecular formula is C19H34N8O9. The van der Waals surface area contributed by atoms with Gasteiger partial charge in [0.15, 0.2) is 5.96 Å². The highest BCUT2D eigenvalue weighted by Crippen LogP contribution is 2.05. The van der Waals surface area contributed by atoms with Crippen LogP contribution in [0.4, 0.5) is 0 Å². The second-order valence-electron chi connectivity index (χ2n) is 7.70. The Morgan fingerprint density at radius 3 is 1.69 bits per heavy atom. The predicted octanol–water partition coefficient (Wildman–Crippen LogP) is -4.97. The molecule has 0 radical (unpaired) electrons. The number of carboxylic acid groups (broad SMARTS) is 2. The summed E-state index contributed by atoms with van der Waals surface area (Å²) in [5.41, 5.74) is 21.3. The molecule has 0 aliphatic carbocycles. The van der Waals surface area contributed by atoms with Crippen molar-refractivity contribution in [2.24, 2.45) is 27.9 Å². The van der Waals surface area contributed by atoms with Crippen LogP contribution in [0.5, 0.6) is 0 Å². The number of amides is 4. The summed E-state index contributed by atoms with van der Waals surface area (Å²) in [7, 11) is 0. The number of aliphatic imine (C=N–C) groups is 1. The summed E-state index contributed by atoms with van der Waals surface area (Å²) in [6.45, 7) is -0.746. The van der Waals surface area contributed by atoms with Crippen LogP contribution in [0.25, 0.3) is 0 Å². The molecule has 4 atom stereocenters. The zero-order valence-corrected chi connectivity index (χ0v) is 19.5. The third kappa shape index (κ3) is 13.7. The highest BCUT2D eigenvalue weighted by atomic mass is 16.4. The molecule has 36 heavy (non-hydrogen) atoms. The number of nitrogens with zero attached hydrogens (tertiary/aromatic N) is 1.